The van der Waals surface area contributed by atoms with Gasteiger partial charge in [-0.25, -0.2) is 0 Å². The molecule has 0 spiro atoms. The average molecular weight is 382 g/mol. The van der Waals surface area contributed by atoms with Crippen molar-refractivity contribution in [2.75, 3.05) is 55.3 Å². The molecule has 150 valence electrons. The summed E-state index contributed by atoms with van der Waals surface area (Å²) in [5.41, 5.74) is 3.42. The number of amides is 1. The van der Waals surface area contributed by atoms with Crippen LogP contribution in [0.1, 0.15) is 30.6 Å². The van der Waals surface area contributed by atoms with Crippen LogP contribution in [0.5, 0.6) is 0 Å². The first-order chi connectivity index (χ1) is 13.5. The van der Waals surface area contributed by atoms with E-state index in [1.165, 1.54) is 5.69 Å². The Labute approximate surface area is 167 Å². The number of nitrogens with zero attached hydrogens (tertiary/aromatic N) is 3. The van der Waals surface area contributed by atoms with Gasteiger partial charge in [0.15, 0.2) is 0 Å². The second kappa shape index (κ2) is 9.55. The van der Waals surface area contributed by atoms with Gasteiger partial charge >= 0.3 is 0 Å². The van der Waals surface area contributed by atoms with E-state index in [9.17, 15) is 4.79 Å². The summed E-state index contributed by atoms with van der Waals surface area (Å²) in [6, 6.07) is 9.92. The third-order valence-corrected chi connectivity index (χ3v) is 5.04. The predicted molar refractivity (Wildman–Crippen MR) is 116 cm³/mol. The van der Waals surface area contributed by atoms with E-state index in [0.717, 1.165) is 50.5 Å². The minimum Gasteiger partial charge on any atom is -0.384 e. The Hall–Kier alpha value is -2.60. The third-order valence-electron chi connectivity index (χ3n) is 5.04. The summed E-state index contributed by atoms with van der Waals surface area (Å²) in [6.45, 7) is 9.48. The molecule has 2 heterocycles. The third kappa shape index (κ3) is 5.70. The minimum atomic E-state index is -0.146. The van der Waals surface area contributed by atoms with Crippen LogP contribution in [0.4, 0.5) is 17.1 Å². The lowest BCUT2D eigenvalue weighted by Crippen LogP contribution is -2.44. The zero-order valence-corrected chi connectivity index (χ0v) is 17.1. The second-order valence-corrected chi connectivity index (χ2v) is 7.86. The Bertz CT molecular complexity index is 767. The van der Waals surface area contributed by atoms with Gasteiger partial charge in [0.2, 0.25) is 0 Å². The molecule has 0 bridgehead atoms. The molecule has 3 rings (SSSR count). The topological polar surface area (TPSA) is 60.5 Å². The molecule has 1 saturated heterocycles. The van der Waals surface area contributed by atoms with Crippen molar-refractivity contribution in [3.05, 3.63) is 48.3 Å². The molecule has 2 aromatic rings. The number of carbonyl (C=O) groups is 1. The van der Waals surface area contributed by atoms with Crippen LogP contribution in [-0.2, 0) is 0 Å². The van der Waals surface area contributed by atoms with Crippen molar-refractivity contribution in [2.24, 2.45) is 5.92 Å². The summed E-state index contributed by atoms with van der Waals surface area (Å²) >= 11 is 0. The standard InChI is InChI=1S/C22H31N5O/c1-17(2)8-9-24-20-14-18(15-23-16-20)22(28)25-19-4-6-21(7-5-19)27-12-10-26(3)11-13-27/h4-7,14-17,24H,8-13H2,1-3H3,(H,25,28). The van der Waals surface area contributed by atoms with E-state index < -0.39 is 0 Å². The number of hydrogen-bond acceptors (Lipinski definition) is 5. The van der Waals surface area contributed by atoms with Crippen molar-refractivity contribution in [3.63, 3.8) is 0 Å². The molecule has 2 N–H and O–H groups in total. The zero-order valence-electron chi connectivity index (χ0n) is 17.1. The van der Waals surface area contributed by atoms with Crippen LogP contribution < -0.4 is 15.5 Å². The van der Waals surface area contributed by atoms with E-state index in [1.54, 1.807) is 12.4 Å². The van der Waals surface area contributed by atoms with Gasteiger partial charge in [-0.15, -0.1) is 0 Å². The highest BCUT2D eigenvalue weighted by Crippen LogP contribution is 2.20. The molecule has 1 aromatic heterocycles. The molecule has 6 heteroatoms. The van der Waals surface area contributed by atoms with Crippen LogP contribution in [0.2, 0.25) is 0 Å². The van der Waals surface area contributed by atoms with Gasteiger partial charge in [0.25, 0.3) is 5.91 Å². The summed E-state index contributed by atoms with van der Waals surface area (Å²) < 4.78 is 0. The molecule has 6 nitrogen and oxygen atoms in total. The smallest absolute Gasteiger partial charge is 0.257 e. The summed E-state index contributed by atoms with van der Waals surface area (Å²) in [5.74, 6) is 0.494. The lowest BCUT2D eigenvalue weighted by atomic mass is 10.1. The van der Waals surface area contributed by atoms with E-state index in [-0.39, 0.29) is 5.91 Å². The SMILES string of the molecule is CC(C)CCNc1cncc(C(=O)Nc2ccc(N3CCN(C)CC3)cc2)c1. The van der Waals surface area contributed by atoms with E-state index in [4.69, 9.17) is 0 Å². The maximum atomic E-state index is 12.6. The Morgan fingerprint density at radius 3 is 2.46 bits per heavy atom. The molecule has 1 fully saturated rings. The van der Waals surface area contributed by atoms with Gasteiger partial charge in [-0.1, -0.05) is 13.8 Å². The highest BCUT2D eigenvalue weighted by molar-refractivity contribution is 6.04. The quantitative estimate of drug-likeness (QED) is 0.768. The monoisotopic (exact) mass is 381 g/mol. The van der Waals surface area contributed by atoms with Crippen LogP contribution >= 0.6 is 0 Å². The van der Waals surface area contributed by atoms with Gasteiger partial charge in [-0.2, -0.15) is 0 Å². The van der Waals surface area contributed by atoms with Crippen LogP contribution in [0.15, 0.2) is 42.7 Å². The minimum absolute atomic E-state index is 0.146. The molecule has 28 heavy (non-hydrogen) atoms. The fourth-order valence-corrected chi connectivity index (χ4v) is 3.19. The maximum Gasteiger partial charge on any atom is 0.257 e. The number of piperazine rings is 1. The number of aromatic nitrogens is 1. The molecule has 1 amide bonds. The zero-order chi connectivity index (χ0) is 19.9. The molecule has 0 atom stereocenters. The normalized spacial score (nSPS) is 14.9. The predicted octanol–water partition coefficient (Wildman–Crippen LogP) is 3.54. The average Bonchev–Trinajstić information content (AvgIpc) is 2.69. The van der Waals surface area contributed by atoms with Crippen LogP contribution in [0, 0.1) is 5.92 Å². The van der Waals surface area contributed by atoms with Crippen LogP contribution in [0.3, 0.4) is 0 Å². The number of nitrogens with one attached hydrogen (secondary N) is 2. The Morgan fingerprint density at radius 1 is 1.07 bits per heavy atom. The van der Waals surface area contributed by atoms with Crippen LogP contribution in [0.25, 0.3) is 0 Å². The van der Waals surface area contributed by atoms with Crippen molar-refractivity contribution in [1.29, 1.82) is 0 Å². The number of anilines is 3. The fourth-order valence-electron chi connectivity index (χ4n) is 3.19. The molecule has 1 aliphatic heterocycles. The number of hydrogen-bond donors (Lipinski definition) is 2. The maximum absolute atomic E-state index is 12.6. The number of likely N-dealkylation sites (N-methyl/N-ethyl adjacent to an activating group) is 1. The summed E-state index contributed by atoms with van der Waals surface area (Å²) in [6.07, 6.45) is 4.43. The molecular formula is C22H31N5O. The Kier molecular flexibility index (Phi) is 6.87. The lowest BCUT2D eigenvalue weighted by Gasteiger charge is -2.34. The van der Waals surface area contributed by atoms with Gasteiger partial charge in [0, 0.05) is 56.5 Å². The lowest BCUT2D eigenvalue weighted by molar-refractivity contribution is 0.102. The second-order valence-electron chi connectivity index (χ2n) is 7.86. The Morgan fingerprint density at radius 2 is 1.79 bits per heavy atom. The first-order valence-corrected chi connectivity index (χ1v) is 10.0. The van der Waals surface area contributed by atoms with Crippen molar-refractivity contribution in [3.8, 4) is 0 Å². The summed E-state index contributed by atoms with van der Waals surface area (Å²) in [7, 11) is 2.15. The van der Waals surface area contributed by atoms with E-state index in [1.807, 2.05) is 18.2 Å². The molecule has 0 unspecified atom stereocenters. The Balaban J connectivity index is 1.57. The highest BCUT2D eigenvalue weighted by atomic mass is 16.1. The molecule has 0 aliphatic carbocycles. The highest BCUT2D eigenvalue weighted by Gasteiger charge is 2.14. The van der Waals surface area contributed by atoms with Crippen molar-refractivity contribution in [1.82, 2.24) is 9.88 Å². The van der Waals surface area contributed by atoms with Crippen molar-refractivity contribution >= 4 is 23.0 Å². The molecule has 1 aliphatic rings. The fraction of sp³-hybridized carbons (Fsp3) is 0.455. The number of rotatable bonds is 7. The number of pyridine rings is 1. The first kappa shape index (κ1) is 20.1. The van der Waals surface area contributed by atoms with Gasteiger partial charge in [-0.05, 0) is 49.7 Å². The van der Waals surface area contributed by atoms with Gasteiger partial charge in [0.1, 0.15) is 0 Å². The van der Waals surface area contributed by atoms with Crippen molar-refractivity contribution in [2.45, 2.75) is 20.3 Å². The van der Waals surface area contributed by atoms with Crippen molar-refractivity contribution < 1.29 is 4.79 Å². The number of carbonyl (C=O) groups excluding carboxylic acids is 1. The molecule has 0 radical (unpaired) electrons. The van der Waals surface area contributed by atoms with Gasteiger partial charge in [0.05, 0.1) is 11.3 Å². The van der Waals surface area contributed by atoms with E-state index >= 15 is 0 Å². The van der Waals surface area contributed by atoms with Gasteiger partial charge < -0.3 is 20.4 Å². The van der Waals surface area contributed by atoms with Crippen LogP contribution in [-0.4, -0.2) is 55.6 Å². The van der Waals surface area contributed by atoms with Gasteiger partial charge in [-0.3, -0.25) is 9.78 Å². The largest absolute Gasteiger partial charge is 0.384 e. The molecular weight excluding hydrogens is 350 g/mol. The summed E-state index contributed by atoms with van der Waals surface area (Å²) in [4.78, 5) is 21.5. The summed E-state index contributed by atoms with van der Waals surface area (Å²) in [5, 5.41) is 6.29. The first-order valence-electron chi connectivity index (χ1n) is 10.0. The van der Waals surface area contributed by atoms with E-state index in [0.29, 0.717) is 11.5 Å². The molecule has 0 saturated carbocycles. The van der Waals surface area contributed by atoms with E-state index in [2.05, 4.69) is 58.4 Å². The molecule has 1 aromatic carbocycles. The number of benzene rings is 1.